The summed E-state index contributed by atoms with van der Waals surface area (Å²) >= 11 is 0. The zero-order valence-corrected chi connectivity index (χ0v) is 15.1. The number of nitrogens with one attached hydrogen (secondary N) is 1. The van der Waals surface area contributed by atoms with E-state index in [-0.39, 0.29) is 12.5 Å². The highest BCUT2D eigenvalue weighted by Gasteiger charge is 2.08. The van der Waals surface area contributed by atoms with Crippen LogP contribution in [0, 0.1) is 20.8 Å². The van der Waals surface area contributed by atoms with Crippen molar-refractivity contribution in [3.8, 4) is 5.75 Å². The fourth-order valence-electron chi connectivity index (χ4n) is 2.57. The van der Waals surface area contributed by atoms with Crippen LogP contribution < -0.4 is 10.1 Å². The fraction of sp³-hybridized carbons (Fsp3) is 0.250. The molecule has 0 aliphatic rings. The van der Waals surface area contributed by atoms with Crippen molar-refractivity contribution in [3.63, 3.8) is 0 Å². The van der Waals surface area contributed by atoms with E-state index in [0.717, 1.165) is 5.56 Å². The minimum absolute atomic E-state index is 0.120. The Morgan fingerprint density at radius 1 is 1.12 bits per heavy atom. The van der Waals surface area contributed by atoms with Crippen molar-refractivity contribution in [3.05, 3.63) is 76.4 Å². The monoisotopic (exact) mass is 351 g/mol. The maximum absolute atomic E-state index is 12.3. The Bertz CT molecular complexity index is 901. The number of ether oxygens (including phenoxy) is 1. The van der Waals surface area contributed by atoms with Crippen LogP contribution in [0.25, 0.3) is 0 Å². The number of nitrogens with zero attached hydrogens (tertiary/aromatic N) is 2. The molecule has 1 N–H and O–H groups in total. The largest absolute Gasteiger partial charge is 0.485 e. The molecule has 134 valence electrons. The van der Waals surface area contributed by atoms with Gasteiger partial charge < -0.3 is 14.6 Å². The molecule has 0 saturated carbocycles. The van der Waals surface area contributed by atoms with E-state index in [4.69, 9.17) is 9.26 Å². The first kappa shape index (κ1) is 17.7. The minimum atomic E-state index is -0.120. The first-order valence-electron chi connectivity index (χ1n) is 8.37. The highest BCUT2D eigenvalue weighted by atomic mass is 16.5. The zero-order chi connectivity index (χ0) is 18.5. The second-order valence-electron chi connectivity index (χ2n) is 6.16. The van der Waals surface area contributed by atoms with E-state index in [1.807, 2.05) is 19.1 Å². The van der Waals surface area contributed by atoms with Crippen LogP contribution in [0.2, 0.25) is 0 Å². The van der Waals surface area contributed by atoms with Gasteiger partial charge in [-0.1, -0.05) is 28.9 Å². The topological polar surface area (TPSA) is 77.2 Å². The lowest BCUT2D eigenvalue weighted by Crippen LogP contribution is -2.23. The summed E-state index contributed by atoms with van der Waals surface area (Å²) in [7, 11) is 0. The van der Waals surface area contributed by atoms with Crippen LogP contribution in [-0.2, 0) is 13.2 Å². The summed E-state index contributed by atoms with van der Waals surface area (Å²) in [5, 5.41) is 6.71. The number of benzene rings is 2. The number of rotatable bonds is 6. The first-order valence-corrected chi connectivity index (χ1v) is 8.37. The van der Waals surface area contributed by atoms with E-state index in [1.165, 1.54) is 11.1 Å². The average Bonchev–Trinajstić information content (AvgIpc) is 3.05. The van der Waals surface area contributed by atoms with Crippen molar-refractivity contribution in [1.29, 1.82) is 0 Å². The molecule has 0 aliphatic heterocycles. The van der Waals surface area contributed by atoms with Crippen LogP contribution in [-0.4, -0.2) is 16.0 Å². The van der Waals surface area contributed by atoms with Crippen LogP contribution in [0.4, 0.5) is 0 Å². The number of aryl methyl sites for hydroxylation is 3. The molecule has 0 aliphatic carbocycles. The van der Waals surface area contributed by atoms with Gasteiger partial charge in [-0.2, -0.15) is 4.98 Å². The highest BCUT2D eigenvalue weighted by molar-refractivity contribution is 5.94. The van der Waals surface area contributed by atoms with Gasteiger partial charge in [-0.05, 0) is 49.2 Å². The number of carbonyl (C=O) groups is 1. The molecule has 6 heteroatoms. The molecule has 2 aromatic carbocycles. The van der Waals surface area contributed by atoms with Gasteiger partial charge in [0.25, 0.3) is 5.91 Å². The van der Waals surface area contributed by atoms with Gasteiger partial charge >= 0.3 is 0 Å². The molecule has 0 spiro atoms. The molecule has 0 fully saturated rings. The lowest BCUT2D eigenvalue weighted by molar-refractivity contribution is 0.0951. The number of hydrogen-bond acceptors (Lipinski definition) is 5. The van der Waals surface area contributed by atoms with Gasteiger partial charge in [-0.25, -0.2) is 0 Å². The van der Waals surface area contributed by atoms with Gasteiger partial charge in [0.05, 0.1) is 0 Å². The number of hydrogen-bond donors (Lipinski definition) is 1. The van der Waals surface area contributed by atoms with E-state index in [0.29, 0.717) is 29.6 Å². The summed E-state index contributed by atoms with van der Waals surface area (Å²) in [5.74, 6) is 1.50. The Labute approximate surface area is 152 Å². The highest BCUT2D eigenvalue weighted by Crippen LogP contribution is 2.14. The quantitative estimate of drug-likeness (QED) is 0.735. The molecule has 26 heavy (non-hydrogen) atoms. The van der Waals surface area contributed by atoms with Crippen molar-refractivity contribution in [2.45, 2.75) is 33.9 Å². The van der Waals surface area contributed by atoms with E-state index in [2.05, 4.69) is 28.4 Å². The molecule has 6 nitrogen and oxygen atoms in total. The molecule has 0 saturated heterocycles. The summed E-state index contributed by atoms with van der Waals surface area (Å²) in [6.07, 6.45) is 0. The normalized spacial score (nSPS) is 10.6. The van der Waals surface area contributed by atoms with Crippen LogP contribution >= 0.6 is 0 Å². The summed E-state index contributed by atoms with van der Waals surface area (Å²) in [6, 6.07) is 13.2. The van der Waals surface area contributed by atoms with Gasteiger partial charge in [-0.15, -0.1) is 0 Å². The van der Waals surface area contributed by atoms with E-state index in [1.54, 1.807) is 31.2 Å². The number of amides is 1. The summed E-state index contributed by atoms with van der Waals surface area (Å²) in [6.45, 7) is 6.54. The van der Waals surface area contributed by atoms with Crippen LogP contribution in [0.15, 0.2) is 47.0 Å². The molecule has 0 unspecified atom stereocenters. The molecule has 1 aromatic heterocycles. The number of aromatic nitrogens is 2. The van der Waals surface area contributed by atoms with Crippen molar-refractivity contribution < 1.29 is 14.1 Å². The van der Waals surface area contributed by atoms with Crippen molar-refractivity contribution in [1.82, 2.24) is 15.5 Å². The molecule has 0 bridgehead atoms. The third kappa shape index (κ3) is 4.47. The van der Waals surface area contributed by atoms with Gasteiger partial charge in [0, 0.05) is 19.0 Å². The van der Waals surface area contributed by atoms with E-state index in [9.17, 15) is 4.79 Å². The van der Waals surface area contributed by atoms with Crippen molar-refractivity contribution in [2.24, 2.45) is 0 Å². The molecular formula is C20H21N3O3. The number of carbonyl (C=O) groups excluding carboxylic acids is 1. The SMILES string of the molecule is Cc1ccc(CNC(=O)c2ccc(OCc3noc(C)n3)cc2)c(C)c1. The summed E-state index contributed by atoms with van der Waals surface area (Å²) in [5.41, 5.74) is 4.08. The summed E-state index contributed by atoms with van der Waals surface area (Å²) in [4.78, 5) is 16.4. The Balaban J connectivity index is 1.54. The third-order valence-electron chi connectivity index (χ3n) is 3.99. The standard InChI is InChI=1S/C20H21N3O3/c1-13-4-5-17(14(2)10-13)11-21-20(24)16-6-8-18(9-7-16)25-12-19-22-15(3)26-23-19/h4-10H,11-12H2,1-3H3,(H,21,24). The van der Waals surface area contributed by atoms with Gasteiger partial charge in [0.2, 0.25) is 11.7 Å². The predicted octanol–water partition coefficient (Wildman–Crippen LogP) is 3.50. The molecule has 0 atom stereocenters. The van der Waals surface area contributed by atoms with Crippen LogP contribution in [0.5, 0.6) is 5.75 Å². The Morgan fingerprint density at radius 3 is 2.54 bits per heavy atom. The fourth-order valence-corrected chi connectivity index (χ4v) is 2.57. The van der Waals surface area contributed by atoms with Gasteiger partial charge in [-0.3, -0.25) is 4.79 Å². The van der Waals surface area contributed by atoms with Gasteiger partial charge in [0.1, 0.15) is 5.75 Å². The Kier molecular flexibility index (Phi) is 5.31. The molecule has 3 aromatic rings. The summed E-state index contributed by atoms with van der Waals surface area (Å²) < 4.78 is 10.5. The van der Waals surface area contributed by atoms with Crippen molar-refractivity contribution >= 4 is 5.91 Å². The van der Waals surface area contributed by atoms with Crippen LogP contribution in [0.1, 0.15) is 38.8 Å². The lowest BCUT2D eigenvalue weighted by Gasteiger charge is -2.09. The van der Waals surface area contributed by atoms with Crippen LogP contribution in [0.3, 0.4) is 0 Å². The smallest absolute Gasteiger partial charge is 0.251 e. The molecule has 0 radical (unpaired) electrons. The minimum Gasteiger partial charge on any atom is -0.485 e. The first-order chi connectivity index (χ1) is 12.5. The molecular weight excluding hydrogens is 330 g/mol. The Hall–Kier alpha value is -3.15. The molecule has 1 amide bonds. The van der Waals surface area contributed by atoms with Gasteiger partial charge in [0.15, 0.2) is 6.61 Å². The maximum atomic E-state index is 12.3. The second kappa shape index (κ2) is 7.82. The van der Waals surface area contributed by atoms with E-state index >= 15 is 0 Å². The molecule has 3 rings (SSSR count). The average molecular weight is 351 g/mol. The van der Waals surface area contributed by atoms with Crippen molar-refractivity contribution in [2.75, 3.05) is 0 Å². The Morgan fingerprint density at radius 2 is 1.88 bits per heavy atom. The second-order valence-corrected chi connectivity index (χ2v) is 6.16. The predicted molar refractivity (Wildman–Crippen MR) is 96.9 cm³/mol. The third-order valence-corrected chi connectivity index (χ3v) is 3.99. The van der Waals surface area contributed by atoms with E-state index < -0.39 is 0 Å². The maximum Gasteiger partial charge on any atom is 0.251 e. The zero-order valence-electron chi connectivity index (χ0n) is 15.1. The molecule has 1 heterocycles. The lowest BCUT2D eigenvalue weighted by atomic mass is 10.1.